The van der Waals surface area contributed by atoms with Gasteiger partial charge in [0.05, 0.1) is 48.0 Å². The number of unbranched alkanes of at least 4 members (excludes halogenated alkanes) is 5. The van der Waals surface area contributed by atoms with Crippen molar-refractivity contribution in [2.75, 3.05) is 68.4 Å². The topological polar surface area (TPSA) is 236 Å². The van der Waals surface area contributed by atoms with Crippen molar-refractivity contribution in [2.45, 2.75) is 127 Å². The van der Waals surface area contributed by atoms with Gasteiger partial charge in [0.15, 0.2) is 36.2 Å². The molecule has 20 nitrogen and oxygen atoms in total. The van der Waals surface area contributed by atoms with Gasteiger partial charge in [-0.2, -0.15) is 0 Å². The number of piperidine rings is 2. The predicted molar refractivity (Wildman–Crippen MR) is 299 cm³/mol. The summed E-state index contributed by atoms with van der Waals surface area (Å²) in [6.07, 6.45) is 8.30. The Kier molecular flexibility index (Phi) is 22.4. The van der Waals surface area contributed by atoms with E-state index in [1.165, 1.54) is 26.2 Å². The number of benzene rings is 4. The van der Waals surface area contributed by atoms with Crippen molar-refractivity contribution < 1.29 is 71.5 Å². The highest BCUT2D eigenvalue weighted by Crippen LogP contribution is 2.42. The summed E-state index contributed by atoms with van der Waals surface area (Å²) in [5.41, 5.74) is 3.31. The third-order valence-electron chi connectivity index (χ3n) is 15.0. The van der Waals surface area contributed by atoms with Crippen molar-refractivity contribution in [1.82, 2.24) is 25.8 Å². The highest BCUT2D eigenvalue weighted by Gasteiger charge is 2.41. The lowest BCUT2D eigenvalue weighted by molar-refractivity contribution is -0.162. The van der Waals surface area contributed by atoms with Gasteiger partial charge in [0.1, 0.15) is 29.7 Å². The van der Waals surface area contributed by atoms with Crippen LogP contribution in [0.5, 0.6) is 40.2 Å². The minimum Gasteiger partial charge on any atom is -0.493 e. The number of nitrogens with one attached hydrogen (secondary N) is 3. The second kappa shape index (κ2) is 30.0. The van der Waals surface area contributed by atoms with Crippen LogP contribution in [0, 0.1) is 0 Å². The van der Waals surface area contributed by atoms with Gasteiger partial charge >= 0.3 is 5.97 Å². The van der Waals surface area contributed by atoms with E-state index in [1.54, 1.807) is 67.7 Å². The third kappa shape index (κ3) is 15.9. The monoisotopic (exact) mass is 1120 g/mol. The maximum absolute atomic E-state index is 14.5. The van der Waals surface area contributed by atoms with E-state index in [9.17, 15) is 33.6 Å². The number of fused-ring (bicyclic) bond motifs is 1. The highest BCUT2D eigenvalue weighted by molar-refractivity contribution is 6.05. The molecule has 7 rings (SSSR count). The smallest absolute Gasteiger partial charge is 0.329 e. The van der Waals surface area contributed by atoms with Crippen LogP contribution in [0.15, 0.2) is 72.8 Å². The van der Waals surface area contributed by atoms with Crippen LogP contribution >= 0.6 is 0 Å². The van der Waals surface area contributed by atoms with E-state index in [1.807, 2.05) is 31.2 Å². The van der Waals surface area contributed by atoms with Gasteiger partial charge in [-0.05, 0) is 123 Å². The molecule has 3 aliphatic heterocycles. The van der Waals surface area contributed by atoms with Crippen molar-refractivity contribution in [3.63, 3.8) is 0 Å². The molecule has 0 radical (unpaired) electrons. The molecule has 4 aromatic carbocycles. The van der Waals surface area contributed by atoms with Crippen molar-refractivity contribution in [1.29, 1.82) is 0 Å². The Labute approximate surface area is 473 Å². The first-order chi connectivity index (χ1) is 39.3. The van der Waals surface area contributed by atoms with Gasteiger partial charge in [-0.1, -0.05) is 56.9 Å². The Morgan fingerprint density at radius 3 is 2.00 bits per heavy atom. The molecular weight excluding hydrogens is 1040 g/mol. The number of amides is 6. The first-order valence-corrected chi connectivity index (χ1v) is 28.0. The molecule has 0 aliphatic carbocycles. The van der Waals surface area contributed by atoms with Gasteiger partial charge in [-0.25, -0.2) is 4.79 Å². The minimum atomic E-state index is -0.814. The fourth-order valence-electron chi connectivity index (χ4n) is 10.6. The molecule has 436 valence electrons. The maximum Gasteiger partial charge on any atom is 0.329 e. The SMILES string of the molecule is CC[C@H](C(=O)N1CCCC[C@H]1C(=O)O[C@H](CCc1ccc(OC)c(OC)c1)c1cccc(OCC(=O)NCCCCCCCCNC(=O)COc2cccc3c2CN(C2CCC(=O)NC2=O)C3=O)c1)c1cc(OC)c(OC)c(OC)c1. The fraction of sp³-hybridized carbons (Fsp3) is 0.492. The molecule has 20 heteroatoms. The van der Waals surface area contributed by atoms with E-state index in [0.717, 1.165) is 56.9 Å². The van der Waals surface area contributed by atoms with Crippen LogP contribution in [0.25, 0.3) is 0 Å². The summed E-state index contributed by atoms with van der Waals surface area (Å²) in [5.74, 6) is 0.286. The van der Waals surface area contributed by atoms with E-state index < -0.39 is 36.0 Å². The number of aryl methyl sites for hydroxylation is 1. The van der Waals surface area contributed by atoms with Gasteiger partial charge in [0.25, 0.3) is 17.7 Å². The number of esters is 1. The zero-order valence-electron chi connectivity index (χ0n) is 47.4. The lowest BCUT2D eigenvalue weighted by Crippen LogP contribution is -2.52. The number of imide groups is 1. The van der Waals surface area contributed by atoms with E-state index >= 15 is 0 Å². The summed E-state index contributed by atoms with van der Waals surface area (Å²) < 4.78 is 46.0. The molecule has 1 unspecified atom stereocenters. The van der Waals surface area contributed by atoms with Gasteiger partial charge in [0.2, 0.25) is 23.5 Å². The summed E-state index contributed by atoms with van der Waals surface area (Å²) in [6, 6.07) is 19.9. The Morgan fingerprint density at radius 1 is 0.679 bits per heavy atom. The van der Waals surface area contributed by atoms with E-state index in [4.69, 9.17) is 37.9 Å². The second-order valence-electron chi connectivity index (χ2n) is 20.3. The van der Waals surface area contributed by atoms with Crippen LogP contribution in [-0.2, 0) is 46.5 Å². The number of hydrogen-bond acceptors (Lipinski definition) is 15. The van der Waals surface area contributed by atoms with E-state index in [0.29, 0.717) is 108 Å². The van der Waals surface area contributed by atoms with Crippen LogP contribution in [-0.4, -0.2) is 132 Å². The predicted octanol–water partition coefficient (Wildman–Crippen LogP) is 7.31. The number of methoxy groups -OCH3 is 5. The fourth-order valence-corrected chi connectivity index (χ4v) is 10.6. The molecular formula is C61H77N5O15. The van der Waals surface area contributed by atoms with Crippen LogP contribution in [0.1, 0.15) is 135 Å². The van der Waals surface area contributed by atoms with Crippen molar-refractivity contribution in [2.24, 2.45) is 0 Å². The summed E-state index contributed by atoms with van der Waals surface area (Å²) in [5, 5.41) is 8.12. The summed E-state index contributed by atoms with van der Waals surface area (Å²) in [7, 11) is 7.73. The maximum atomic E-state index is 14.5. The Bertz CT molecular complexity index is 2830. The van der Waals surface area contributed by atoms with Crippen LogP contribution in [0.3, 0.4) is 0 Å². The first-order valence-electron chi connectivity index (χ1n) is 28.0. The number of carbonyl (C=O) groups is 7. The zero-order valence-corrected chi connectivity index (χ0v) is 47.4. The second-order valence-corrected chi connectivity index (χ2v) is 20.3. The Balaban J connectivity index is 0.851. The molecule has 2 fully saturated rings. The number of nitrogens with zero attached hydrogens (tertiary/aromatic N) is 2. The standard InChI is InChI=1S/C61H77N5O15/c1-7-43(41-34-52(76-4)57(78-6)53(35-41)77-5)59(71)65-31-15-12-21-47(65)61(73)81-48(26-23-39-24-27-50(74-2)51(32-39)75-3)40-18-16-19-42(33-40)79-37-55(68)62-29-13-10-8-9-11-14-30-63-56(69)38-80-49-22-17-20-44-45(49)36-66(60(44)72)46-25-28-54(67)64-58(46)70/h16-20,22,24,27,32-35,43,46-48H,7-15,21,23,25-26,28-31,36-38H2,1-6H3,(H,62,68)(H,63,69)(H,64,67,70)/t43-,46?,47-,48+/m0/s1. The molecule has 4 atom stereocenters. The van der Waals surface area contributed by atoms with Gasteiger partial charge < -0.3 is 58.3 Å². The summed E-state index contributed by atoms with van der Waals surface area (Å²) >= 11 is 0. The van der Waals surface area contributed by atoms with Crippen molar-refractivity contribution in [3.8, 4) is 40.2 Å². The highest BCUT2D eigenvalue weighted by atomic mass is 16.5. The number of likely N-dealkylation sites (tertiary alicyclic amines) is 1. The number of rotatable bonds is 30. The average molecular weight is 1120 g/mol. The van der Waals surface area contributed by atoms with Gasteiger partial charge in [-0.15, -0.1) is 0 Å². The molecule has 3 heterocycles. The molecule has 6 amide bonds. The van der Waals surface area contributed by atoms with Crippen LogP contribution < -0.4 is 49.1 Å². The van der Waals surface area contributed by atoms with Gasteiger partial charge in [-0.3, -0.25) is 34.1 Å². The Morgan fingerprint density at radius 2 is 1.35 bits per heavy atom. The number of hydrogen-bond donors (Lipinski definition) is 3. The van der Waals surface area contributed by atoms with Crippen molar-refractivity contribution >= 4 is 41.4 Å². The lowest BCUT2D eigenvalue weighted by atomic mass is 9.91. The summed E-state index contributed by atoms with van der Waals surface area (Å²) in [6.45, 7) is 3.02. The molecule has 2 saturated heterocycles. The van der Waals surface area contributed by atoms with Crippen LogP contribution in [0.4, 0.5) is 0 Å². The van der Waals surface area contributed by atoms with Crippen LogP contribution in [0.2, 0.25) is 0 Å². The van der Waals surface area contributed by atoms with E-state index in [-0.39, 0.29) is 62.1 Å². The first kappa shape index (κ1) is 60.6. The molecule has 81 heavy (non-hydrogen) atoms. The van der Waals surface area contributed by atoms with Crippen molar-refractivity contribution in [3.05, 3.63) is 101 Å². The number of carbonyl (C=O) groups excluding carboxylic acids is 7. The molecule has 3 aliphatic rings. The molecule has 0 aromatic heterocycles. The lowest BCUT2D eigenvalue weighted by Gasteiger charge is -2.37. The molecule has 3 N–H and O–H groups in total. The largest absolute Gasteiger partial charge is 0.493 e. The average Bonchev–Trinajstić information content (AvgIpc) is 3.96. The molecule has 0 saturated carbocycles. The third-order valence-corrected chi connectivity index (χ3v) is 15.0. The van der Waals surface area contributed by atoms with E-state index in [2.05, 4.69) is 16.0 Å². The molecule has 0 bridgehead atoms. The Hall–Kier alpha value is -8.03. The minimum absolute atomic E-state index is 0.153. The quantitative estimate of drug-likeness (QED) is 0.0264. The normalized spacial score (nSPS) is 16.5. The van der Waals surface area contributed by atoms with Gasteiger partial charge in [0, 0.05) is 37.2 Å². The zero-order chi connectivity index (χ0) is 57.8. The molecule has 0 spiro atoms. The molecule has 4 aromatic rings. The number of ether oxygens (including phenoxy) is 8. The summed E-state index contributed by atoms with van der Waals surface area (Å²) in [4.78, 5) is 94.9.